The lowest BCUT2D eigenvalue weighted by atomic mass is 9.97. The van der Waals surface area contributed by atoms with Gasteiger partial charge in [0.25, 0.3) is 0 Å². The van der Waals surface area contributed by atoms with Gasteiger partial charge in [0.05, 0.1) is 5.52 Å². The van der Waals surface area contributed by atoms with Gasteiger partial charge < -0.3 is 0 Å². The highest BCUT2D eigenvalue weighted by Crippen LogP contribution is 2.27. The largest absolute Gasteiger partial charge is 0.271 e. The van der Waals surface area contributed by atoms with Crippen molar-refractivity contribution in [2.45, 2.75) is 25.8 Å². The maximum absolute atomic E-state index is 5.82. The number of nitrogens with zero attached hydrogens (tertiary/aromatic N) is 1. The Labute approximate surface area is 128 Å². The number of nitrogens with two attached hydrogens (primary N) is 1. The lowest BCUT2D eigenvalue weighted by molar-refractivity contribution is 0.521. The van der Waals surface area contributed by atoms with Gasteiger partial charge >= 0.3 is 0 Å². The summed E-state index contributed by atoms with van der Waals surface area (Å²) in [7, 11) is 0. The molecule has 0 aliphatic heterocycles. The molecule has 3 nitrogen and oxygen atoms in total. The van der Waals surface area contributed by atoms with Crippen LogP contribution >= 0.6 is 11.3 Å². The summed E-state index contributed by atoms with van der Waals surface area (Å²) < 4.78 is 0. The summed E-state index contributed by atoms with van der Waals surface area (Å²) in [5.41, 5.74) is 6.27. The smallest absolute Gasteiger partial charge is 0.0708 e. The summed E-state index contributed by atoms with van der Waals surface area (Å²) in [6.45, 7) is 2.03. The van der Waals surface area contributed by atoms with E-state index in [2.05, 4.69) is 52.2 Å². The highest BCUT2D eigenvalue weighted by Gasteiger charge is 2.14. The highest BCUT2D eigenvalue weighted by molar-refractivity contribution is 7.09. The number of hydrogen-bond acceptors (Lipinski definition) is 4. The summed E-state index contributed by atoms with van der Waals surface area (Å²) in [5.74, 6) is 5.82. The average molecular weight is 297 g/mol. The minimum atomic E-state index is 0.138. The van der Waals surface area contributed by atoms with Crippen molar-refractivity contribution in [3.63, 3.8) is 0 Å². The van der Waals surface area contributed by atoms with Crippen LogP contribution in [0.15, 0.2) is 47.8 Å². The number of nitrogens with one attached hydrogen (secondary N) is 1. The molecule has 1 unspecified atom stereocenters. The number of benzene rings is 1. The van der Waals surface area contributed by atoms with E-state index in [1.54, 1.807) is 11.3 Å². The zero-order valence-corrected chi connectivity index (χ0v) is 12.9. The van der Waals surface area contributed by atoms with Crippen molar-refractivity contribution in [1.82, 2.24) is 10.4 Å². The fraction of sp³-hybridized carbons (Fsp3) is 0.235. The molecule has 108 valence electrons. The normalized spacial score (nSPS) is 12.7. The summed E-state index contributed by atoms with van der Waals surface area (Å²) in [5, 5.41) is 3.30. The molecular weight excluding hydrogens is 278 g/mol. The molecule has 1 aromatic carbocycles. The number of thiophene rings is 1. The van der Waals surface area contributed by atoms with Crippen molar-refractivity contribution in [2.24, 2.45) is 5.84 Å². The Hall–Kier alpha value is -1.75. The van der Waals surface area contributed by atoms with Crippen LogP contribution in [-0.2, 0) is 6.42 Å². The molecule has 0 saturated carbocycles. The SMILES string of the molecule is Cc1cc(C(CCc2cccs2)NN)c2ccccc2n1. The number of aromatic nitrogens is 1. The Morgan fingerprint density at radius 2 is 2.10 bits per heavy atom. The fourth-order valence-corrected chi connectivity index (χ4v) is 3.42. The van der Waals surface area contributed by atoms with Crippen LogP contribution in [0.3, 0.4) is 0 Å². The molecule has 0 spiro atoms. The topological polar surface area (TPSA) is 50.9 Å². The zero-order valence-electron chi connectivity index (χ0n) is 12.0. The van der Waals surface area contributed by atoms with Crippen molar-refractivity contribution in [1.29, 1.82) is 0 Å². The Morgan fingerprint density at radius 3 is 2.86 bits per heavy atom. The third kappa shape index (κ3) is 3.13. The van der Waals surface area contributed by atoms with Gasteiger partial charge in [0, 0.05) is 22.0 Å². The average Bonchev–Trinajstić information content (AvgIpc) is 3.01. The number of hydrogen-bond donors (Lipinski definition) is 2. The predicted octanol–water partition coefficient (Wildman–Crippen LogP) is 3.74. The third-order valence-electron chi connectivity index (χ3n) is 3.71. The van der Waals surface area contributed by atoms with Crippen LogP contribution in [0.1, 0.15) is 28.6 Å². The van der Waals surface area contributed by atoms with Gasteiger partial charge in [0.1, 0.15) is 0 Å². The van der Waals surface area contributed by atoms with Gasteiger partial charge in [-0.2, -0.15) is 0 Å². The number of aryl methyl sites for hydroxylation is 2. The van der Waals surface area contributed by atoms with E-state index in [4.69, 9.17) is 5.84 Å². The first-order valence-corrected chi connectivity index (χ1v) is 8.00. The minimum absolute atomic E-state index is 0.138. The quantitative estimate of drug-likeness (QED) is 0.557. The van der Waals surface area contributed by atoms with Crippen molar-refractivity contribution < 1.29 is 0 Å². The van der Waals surface area contributed by atoms with Crippen LogP contribution in [0.25, 0.3) is 10.9 Å². The van der Waals surface area contributed by atoms with E-state index < -0.39 is 0 Å². The highest BCUT2D eigenvalue weighted by atomic mass is 32.1. The molecule has 3 aromatic rings. The Kier molecular flexibility index (Phi) is 4.29. The number of pyridine rings is 1. The van der Waals surface area contributed by atoms with Crippen LogP contribution in [0.2, 0.25) is 0 Å². The Morgan fingerprint density at radius 1 is 1.24 bits per heavy atom. The molecule has 0 bridgehead atoms. The van der Waals surface area contributed by atoms with Gasteiger partial charge in [0.2, 0.25) is 0 Å². The molecule has 0 aliphatic carbocycles. The van der Waals surface area contributed by atoms with Crippen LogP contribution in [0, 0.1) is 6.92 Å². The maximum Gasteiger partial charge on any atom is 0.0708 e. The van der Waals surface area contributed by atoms with Gasteiger partial charge in [-0.25, -0.2) is 0 Å². The van der Waals surface area contributed by atoms with E-state index in [0.717, 1.165) is 24.1 Å². The van der Waals surface area contributed by atoms with Gasteiger partial charge in [-0.05, 0) is 48.9 Å². The summed E-state index contributed by atoms with van der Waals surface area (Å²) in [6, 6.07) is 14.8. The van der Waals surface area contributed by atoms with Gasteiger partial charge in [-0.3, -0.25) is 16.3 Å². The number of rotatable bonds is 5. The minimum Gasteiger partial charge on any atom is -0.271 e. The second-order valence-corrected chi connectivity index (χ2v) is 6.24. The van der Waals surface area contributed by atoms with Gasteiger partial charge in [-0.1, -0.05) is 24.3 Å². The molecule has 0 aliphatic rings. The Bertz CT molecular complexity index is 722. The van der Waals surface area contributed by atoms with E-state index in [9.17, 15) is 0 Å². The van der Waals surface area contributed by atoms with Crippen LogP contribution in [0.4, 0.5) is 0 Å². The summed E-state index contributed by atoms with van der Waals surface area (Å²) >= 11 is 1.80. The Balaban J connectivity index is 1.92. The van der Waals surface area contributed by atoms with Gasteiger partial charge in [-0.15, -0.1) is 11.3 Å². The first-order chi connectivity index (χ1) is 10.3. The number of fused-ring (bicyclic) bond motifs is 1. The molecule has 0 saturated heterocycles. The van der Waals surface area contributed by atoms with E-state index in [-0.39, 0.29) is 6.04 Å². The molecule has 3 N–H and O–H groups in total. The van der Waals surface area contributed by atoms with Crippen molar-refractivity contribution in [3.8, 4) is 0 Å². The number of para-hydroxylation sites is 1. The lowest BCUT2D eigenvalue weighted by Gasteiger charge is -2.18. The van der Waals surface area contributed by atoms with E-state index >= 15 is 0 Å². The molecular formula is C17H19N3S. The molecule has 2 heterocycles. The maximum atomic E-state index is 5.82. The zero-order chi connectivity index (χ0) is 14.7. The van der Waals surface area contributed by atoms with E-state index in [0.29, 0.717) is 0 Å². The molecule has 0 fully saturated rings. The number of hydrazine groups is 1. The summed E-state index contributed by atoms with van der Waals surface area (Å²) in [6.07, 6.45) is 2.01. The van der Waals surface area contributed by atoms with E-state index in [1.807, 2.05) is 13.0 Å². The molecule has 3 rings (SSSR count). The molecule has 4 heteroatoms. The van der Waals surface area contributed by atoms with Crippen LogP contribution in [-0.4, -0.2) is 4.98 Å². The monoisotopic (exact) mass is 297 g/mol. The molecule has 0 amide bonds. The van der Waals surface area contributed by atoms with Crippen molar-refractivity contribution >= 4 is 22.2 Å². The second-order valence-electron chi connectivity index (χ2n) is 5.21. The van der Waals surface area contributed by atoms with Crippen molar-refractivity contribution in [2.75, 3.05) is 0 Å². The summed E-state index contributed by atoms with van der Waals surface area (Å²) in [4.78, 5) is 5.99. The third-order valence-corrected chi connectivity index (χ3v) is 4.65. The fourth-order valence-electron chi connectivity index (χ4n) is 2.70. The predicted molar refractivity (Wildman–Crippen MR) is 89.2 cm³/mol. The van der Waals surface area contributed by atoms with E-state index in [1.165, 1.54) is 15.8 Å². The molecule has 21 heavy (non-hydrogen) atoms. The van der Waals surface area contributed by atoms with Crippen LogP contribution < -0.4 is 11.3 Å². The first-order valence-electron chi connectivity index (χ1n) is 7.12. The first kappa shape index (κ1) is 14.2. The molecule has 2 aromatic heterocycles. The van der Waals surface area contributed by atoms with Gasteiger partial charge in [0.15, 0.2) is 0 Å². The molecule has 1 atom stereocenters. The molecule has 0 radical (unpaired) electrons. The second kappa shape index (κ2) is 6.35. The van der Waals surface area contributed by atoms with Crippen LogP contribution in [0.5, 0.6) is 0 Å². The lowest BCUT2D eigenvalue weighted by Crippen LogP contribution is -2.28. The standard InChI is InChI=1S/C17H19N3S/c1-12-11-15(14-6-2-3-7-16(14)19-12)17(20-18)9-8-13-5-4-10-21-13/h2-7,10-11,17,20H,8-9,18H2,1H3. The van der Waals surface area contributed by atoms with Crippen molar-refractivity contribution in [3.05, 3.63) is 64.0 Å².